The van der Waals surface area contributed by atoms with Crippen molar-refractivity contribution in [1.82, 2.24) is 0 Å². The van der Waals surface area contributed by atoms with E-state index < -0.39 is 5.97 Å². The molecule has 1 atom stereocenters. The maximum Gasteiger partial charge on any atom is 0.336 e. The van der Waals surface area contributed by atoms with E-state index in [0.717, 1.165) is 17.7 Å². The van der Waals surface area contributed by atoms with Gasteiger partial charge in [-0.15, -0.1) is 0 Å². The quantitative estimate of drug-likeness (QED) is 0.479. The second-order valence-corrected chi connectivity index (χ2v) is 6.44. The van der Waals surface area contributed by atoms with Crippen molar-refractivity contribution in [3.8, 4) is 5.75 Å². The molecule has 3 nitrogen and oxygen atoms in total. The summed E-state index contributed by atoms with van der Waals surface area (Å²) in [5.74, 6) is 0.359. The minimum Gasteiger partial charge on any atom is -0.489 e. The highest BCUT2D eigenvalue weighted by atomic mass is 16.5. The topological polar surface area (TPSA) is 46.5 Å². The third-order valence-corrected chi connectivity index (χ3v) is 4.28. The van der Waals surface area contributed by atoms with Crippen LogP contribution in [0.4, 0.5) is 0 Å². The molecule has 2 aromatic rings. The smallest absolute Gasteiger partial charge is 0.336 e. The van der Waals surface area contributed by atoms with Crippen LogP contribution in [0.15, 0.2) is 78.4 Å². The predicted molar refractivity (Wildman–Crippen MR) is 116 cm³/mol. The number of ether oxygens (including phenoxy) is 1. The van der Waals surface area contributed by atoms with Gasteiger partial charge in [-0.3, -0.25) is 0 Å². The van der Waals surface area contributed by atoms with E-state index in [4.69, 9.17) is 4.74 Å². The lowest BCUT2D eigenvalue weighted by atomic mass is 9.99. The fourth-order valence-corrected chi connectivity index (χ4v) is 2.79. The molecule has 0 heterocycles. The molecular weight excluding hydrogens is 348 g/mol. The van der Waals surface area contributed by atoms with Gasteiger partial charge in [0, 0.05) is 0 Å². The van der Waals surface area contributed by atoms with Crippen LogP contribution in [0.5, 0.6) is 5.75 Å². The first kappa shape index (κ1) is 21.2. The van der Waals surface area contributed by atoms with E-state index in [0.29, 0.717) is 18.1 Å². The number of carboxylic acid groups (broad SMARTS) is 1. The minimum atomic E-state index is -0.950. The van der Waals surface area contributed by atoms with Gasteiger partial charge in [0.15, 0.2) is 0 Å². The Labute approximate surface area is 167 Å². The number of hydrogen-bond acceptors (Lipinski definition) is 2. The van der Waals surface area contributed by atoms with Crippen molar-refractivity contribution in [1.29, 1.82) is 0 Å². The fourth-order valence-electron chi connectivity index (χ4n) is 2.79. The number of aliphatic carboxylic acids is 1. The predicted octanol–water partition coefficient (Wildman–Crippen LogP) is 6.24. The van der Waals surface area contributed by atoms with Crippen molar-refractivity contribution < 1.29 is 14.6 Å². The van der Waals surface area contributed by atoms with Gasteiger partial charge in [0.2, 0.25) is 0 Å². The van der Waals surface area contributed by atoms with Crippen LogP contribution >= 0.6 is 0 Å². The van der Waals surface area contributed by atoms with E-state index in [2.05, 4.69) is 25.2 Å². The molecule has 0 aliphatic heterocycles. The molecule has 1 aliphatic carbocycles. The van der Waals surface area contributed by atoms with Gasteiger partial charge in [-0.2, -0.15) is 0 Å². The molecule has 3 heteroatoms. The highest BCUT2D eigenvalue weighted by Gasteiger charge is 2.10. The molecule has 1 unspecified atom stereocenters. The Balaban J connectivity index is 0.00000136. The van der Waals surface area contributed by atoms with Gasteiger partial charge in [-0.25, -0.2) is 4.79 Å². The standard InChI is InChI=1S/C23H22O3.C2H6/c1-17-10-12-18(13-11-17)16-26-21-9-5-6-19(14-21)15-22(23(24)25)20-7-3-2-4-8-20;1-2/h2-10,12-15,17H,11,16H2,1H3,(H,24,25);1-2H3/b22-15-;. The Bertz CT molecular complexity index is 860. The average Bonchev–Trinajstić information content (AvgIpc) is 2.74. The van der Waals surface area contributed by atoms with E-state index in [-0.39, 0.29) is 5.57 Å². The number of rotatable bonds is 6. The van der Waals surface area contributed by atoms with E-state index in [1.807, 2.05) is 56.3 Å². The molecule has 0 aromatic heterocycles. The van der Waals surface area contributed by atoms with Crippen molar-refractivity contribution in [3.63, 3.8) is 0 Å². The zero-order valence-electron chi connectivity index (χ0n) is 16.8. The third-order valence-electron chi connectivity index (χ3n) is 4.28. The van der Waals surface area contributed by atoms with Crippen LogP contribution in [-0.4, -0.2) is 17.7 Å². The van der Waals surface area contributed by atoms with Crippen LogP contribution in [0.25, 0.3) is 11.6 Å². The normalized spacial score (nSPS) is 15.9. The summed E-state index contributed by atoms with van der Waals surface area (Å²) >= 11 is 0. The Kier molecular flexibility index (Phi) is 8.29. The molecule has 1 N–H and O–H groups in total. The summed E-state index contributed by atoms with van der Waals surface area (Å²) in [6.07, 6.45) is 9.21. The van der Waals surface area contributed by atoms with Gasteiger partial charge in [-0.05, 0) is 47.2 Å². The largest absolute Gasteiger partial charge is 0.489 e. The zero-order valence-corrected chi connectivity index (χ0v) is 16.8. The van der Waals surface area contributed by atoms with Crippen molar-refractivity contribution in [3.05, 3.63) is 89.5 Å². The zero-order chi connectivity index (χ0) is 20.4. The number of carbonyl (C=O) groups is 1. The maximum atomic E-state index is 11.6. The average molecular weight is 376 g/mol. The highest BCUT2D eigenvalue weighted by molar-refractivity contribution is 6.20. The molecule has 0 saturated carbocycles. The molecule has 28 heavy (non-hydrogen) atoms. The van der Waals surface area contributed by atoms with Crippen molar-refractivity contribution in [2.75, 3.05) is 6.61 Å². The molecule has 146 valence electrons. The summed E-state index contributed by atoms with van der Waals surface area (Å²) in [7, 11) is 0. The summed E-state index contributed by atoms with van der Waals surface area (Å²) < 4.78 is 5.87. The molecule has 0 bridgehead atoms. The van der Waals surface area contributed by atoms with Crippen LogP contribution < -0.4 is 4.74 Å². The first-order valence-corrected chi connectivity index (χ1v) is 9.72. The molecule has 1 aliphatic rings. The van der Waals surface area contributed by atoms with E-state index >= 15 is 0 Å². The van der Waals surface area contributed by atoms with Crippen molar-refractivity contribution >= 4 is 17.6 Å². The lowest BCUT2D eigenvalue weighted by molar-refractivity contribution is -0.130. The summed E-state index contributed by atoms with van der Waals surface area (Å²) in [4.78, 5) is 11.6. The highest BCUT2D eigenvalue weighted by Crippen LogP contribution is 2.22. The molecule has 0 radical (unpaired) electrons. The molecule has 3 rings (SSSR count). The molecule has 0 saturated heterocycles. The Morgan fingerprint density at radius 1 is 1.14 bits per heavy atom. The second kappa shape index (κ2) is 10.9. The van der Waals surface area contributed by atoms with Crippen molar-refractivity contribution in [2.24, 2.45) is 5.92 Å². The molecule has 2 aromatic carbocycles. The molecule has 0 spiro atoms. The van der Waals surface area contributed by atoms with Crippen LogP contribution in [0.1, 0.15) is 38.3 Å². The van der Waals surface area contributed by atoms with E-state index in [9.17, 15) is 9.90 Å². The fraction of sp³-hybridized carbons (Fsp3) is 0.240. The van der Waals surface area contributed by atoms with E-state index in [1.54, 1.807) is 18.2 Å². The first-order valence-electron chi connectivity index (χ1n) is 9.72. The number of allylic oxidation sites excluding steroid dienone is 2. The van der Waals surface area contributed by atoms with Crippen LogP contribution in [0.3, 0.4) is 0 Å². The maximum absolute atomic E-state index is 11.6. The Morgan fingerprint density at radius 3 is 2.54 bits per heavy atom. The SMILES string of the molecule is CC.CC1C=CC(COc2cccc(/C=C(\C(=O)O)c3ccccc3)c2)=CC1. The van der Waals surface area contributed by atoms with Gasteiger partial charge >= 0.3 is 5.97 Å². The minimum absolute atomic E-state index is 0.259. The lowest BCUT2D eigenvalue weighted by Gasteiger charge is -2.13. The molecular formula is C25H28O3. The summed E-state index contributed by atoms with van der Waals surface area (Å²) in [6.45, 7) is 6.70. The summed E-state index contributed by atoms with van der Waals surface area (Å²) in [6, 6.07) is 16.6. The van der Waals surface area contributed by atoms with Gasteiger partial charge in [0.1, 0.15) is 12.4 Å². The van der Waals surface area contributed by atoms with Crippen LogP contribution in [0.2, 0.25) is 0 Å². The van der Waals surface area contributed by atoms with Crippen LogP contribution in [0, 0.1) is 5.92 Å². The number of carboxylic acids is 1. The van der Waals surface area contributed by atoms with E-state index in [1.165, 1.54) is 5.57 Å². The van der Waals surface area contributed by atoms with Gasteiger partial charge < -0.3 is 9.84 Å². The summed E-state index contributed by atoms with van der Waals surface area (Å²) in [5.41, 5.74) is 2.90. The summed E-state index contributed by atoms with van der Waals surface area (Å²) in [5, 5.41) is 9.54. The third kappa shape index (κ3) is 6.27. The number of benzene rings is 2. The molecule has 0 amide bonds. The number of hydrogen-bond donors (Lipinski definition) is 1. The monoisotopic (exact) mass is 376 g/mol. The lowest BCUT2D eigenvalue weighted by Crippen LogP contribution is -2.04. The molecule has 0 fully saturated rings. The van der Waals surface area contributed by atoms with Crippen LogP contribution in [-0.2, 0) is 4.79 Å². The Hall–Kier alpha value is -3.07. The van der Waals surface area contributed by atoms with Gasteiger partial charge in [0.05, 0.1) is 5.57 Å². The van der Waals surface area contributed by atoms with Gasteiger partial charge in [0.25, 0.3) is 0 Å². The Morgan fingerprint density at radius 2 is 1.89 bits per heavy atom. The second-order valence-electron chi connectivity index (χ2n) is 6.44. The van der Waals surface area contributed by atoms with Gasteiger partial charge in [-0.1, -0.05) is 81.5 Å². The van der Waals surface area contributed by atoms with Crippen molar-refractivity contribution in [2.45, 2.75) is 27.2 Å². The first-order chi connectivity index (χ1) is 13.6.